The minimum absolute atomic E-state index is 0.0979. The van der Waals surface area contributed by atoms with Crippen LogP contribution >= 0.6 is 11.9 Å². The molecule has 1 amide bonds. The van der Waals surface area contributed by atoms with Gasteiger partial charge in [0, 0.05) is 23.5 Å². The third-order valence-corrected chi connectivity index (χ3v) is 6.25. The molecule has 0 saturated carbocycles. The Morgan fingerprint density at radius 2 is 1.86 bits per heavy atom. The van der Waals surface area contributed by atoms with Crippen molar-refractivity contribution in [2.75, 3.05) is 37.3 Å². The smallest absolute Gasteiger partial charge is 0.255 e. The van der Waals surface area contributed by atoms with E-state index in [2.05, 4.69) is 21.0 Å². The van der Waals surface area contributed by atoms with Crippen LogP contribution in [0.4, 0.5) is 5.69 Å². The summed E-state index contributed by atoms with van der Waals surface area (Å²) >= 11 is 1.70. The molecule has 5 nitrogen and oxygen atoms in total. The van der Waals surface area contributed by atoms with Crippen LogP contribution in [0.5, 0.6) is 5.75 Å². The van der Waals surface area contributed by atoms with Crippen molar-refractivity contribution in [1.29, 1.82) is 0 Å². The van der Waals surface area contributed by atoms with Crippen molar-refractivity contribution in [2.45, 2.75) is 25.3 Å². The zero-order chi connectivity index (χ0) is 19.2. The number of carbonyl (C=O) groups excluding carboxylic acids is 1. The summed E-state index contributed by atoms with van der Waals surface area (Å²) in [4.78, 5) is 15.1. The van der Waals surface area contributed by atoms with Crippen LogP contribution in [0.3, 0.4) is 0 Å². The van der Waals surface area contributed by atoms with Crippen molar-refractivity contribution >= 4 is 23.5 Å². The van der Waals surface area contributed by atoms with E-state index in [1.807, 2.05) is 42.5 Å². The Kier molecular flexibility index (Phi) is 6.52. The van der Waals surface area contributed by atoms with Crippen molar-refractivity contribution in [1.82, 2.24) is 9.62 Å². The first-order valence-corrected chi connectivity index (χ1v) is 11.0. The molecule has 6 heteroatoms. The van der Waals surface area contributed by atoms with E-state index in [-0.39, 0.29) is 5.91 Å². The highest BCUT2D eigenvalue weighted by Gasteiger charge is 2.22. The highest BCUT2D eigenvalue weighted by atomic mass is 32.2. The topological polar surface area (TPSA) is 53.6 Å². The Morgan fingerprint density at radius 3 is 2.57 bits per heavy atom. The molecule has 2 aliphatic rings. The van der Waals surface area contributed by atoms with Gasteiger partial charge in [0.2, 0.25) is 0 Å². The molecule has 1 unspecified atom stereocenters. The molecule has 2 aliphatic heterocycles. The molecule has 148 valence electrons. The summed E-state index contributed by atoms with van der Waals surface area (Å²) < 4.78 is 9.16. The minimum Gasteiger partial charge on any atom is -0.492 e. The number of nitrogens with one attached hydrogen (secondary N) is 2. The zero-order valence-corrected chi connectivity index (χ0v) is 16.8. The van der Waals surface area contributed by atoms with Gasteiger partial charge in [0.1, 0.15) is 12.4 Å². The first-order chi connectivity index (χ1) is 13.8. The molecular weight excluding hydrogens is 370 g/mol. The maximum Gasteiger partial charge on any atom is 0.255 e. The predicted octanol–water partition coefficient (Wildman–Crippen LogP) is 4.10. The summed E-state index contributed by atoms with van der Waals surface area (Å²) in [6.07, 6.45) is 3.94. The average molecular weight is 398 g/mol. The second kappa shape index (κ2) is 9.45. The van der Waals surface area contributed by atoms with Crippen LogP contribution in [-0.4, -0.2) is 42.8 Å². The normalized spacial score (nSPS) is 19.6. The van der Waals surface area contributed by atoms with Gasteiger partial charge < -0.3 is 10.1 Å². The van der Waals surface area contributed by atoms with E-state index < -0.39 is 0 Å². The summed E-state index contributed by atoms with van der Waals surface area (Å²) in [5.74, 6) is 1.74. The van der Waals surface area contributed by atoms with Gasteiger partial charge in [-0.2, -0.15) is 0 Å². The van der Waals surface area contributed by atoms with Crippen molar-refractivity contribution in [3.63, 3.8) is 0 Å². The second-order valence-corrected chi connectivity index (χ2v) is 8.16. The fourth-order valence-electron chi connectivity index (χ4n) is 3.61. The Bertz CT molecular complexity index is 787. The van der Waals surface area contributed by atoms with Gasteiger partial charge in [-0.25, -0.2) is 0 Å². The lowest BCUT2D eigenvalue weighted by molar-refractivity contribution is 0.102. The van der Waals surface area contributed by atoms with Gasteiger partial charge >= 0.3 is 0 Å². The van der Waals surface area contributed by atoms with Crippen LogP contribution in [0.2, 0.25) is 0 Å². The number of likely N-dealkylation sites (tertiary alicyclic amines) is 1. The lowest BCUT2D eigenvalue weighted by Crippen LogP contribution is -2.33. The third kappa shape index (κ3) is 4.87. The van der Waals surface area contributed by atoms with E-state index in [9.17, 15) is 4.79 Å². The van der Waals surface area contributed by atoms with Crippen molar-refractivity contribution in [2.24, 2.45) is 0 Å². The molecule has 0 radical (unpaired) electrons. The Labute approximate surface area is 171 Å². The molecule has 1 atom stereocenters. The number of ether oxygens (including phenoxy) is 1. The fraction of sp³-hybridized carbons (Fsp3) is 0.409. The molecule has 2 N–H and O–H groups in total. The number of benzene rings is 2. The summed E-state index contributed by atoms with van der Waals surface area (Å²) in [5.41, 5.74) is 2.63. The number of anilines is 1. The summed E-state index contributed by atoms with van der Waals surface area (Å²) in [7, 11) is 0. The number of nitrogens with zero attached hydrogens (tertiary/aromatic N) is 1. The van der Waals surface area contributed by atoms with Crippen LogP contribution in [-0.2, 0) is 0 Å². The first kappa shape index (κ1) is 19.3. The van der Waals surface area contributed by atoms with E-state index in [1.54, 1.807) is 11.9 Å². The van der Waals surface area contributed by atoms with Gasteiger partial charge in [0.05, 0.1) is 6.04 Å². The van der Waals surface area contributed by atoms with Crippen LogP contribution in [0.1, 0.15) is 41.2 Å². The fourth-order valence-corrected chi connectivity index (χ4v) is 4.25. The lowest BCUT2D eigenvalue weighted by atomic mass is 10.1. The Hall–Kier alpha value is -2.02. The summed E-state index contributed by atoms with van der Waals surface area (Å²) in [5, 5.41) is 3.05. The molecule has 2 aromatic carbocycles. The van der Waals surface area contributed by atoms with Crippen molar-refractivity contribution < 1.29 is 9.53 Å². The van der Waals surface area contributed by atoms with Crippen LogP contribution in [0, 0.1) is 0 Å². The summed E-state index contributed by atoms with van der Waals surface area (Å²) in [6, 6.07) is 15.7. The largest absolute Gasteiger partial charge is 0.492 e. The van der Waals surface area contributed by atoms with E-state index in [0.29, 0.717) is 18.2 Å². The number of amides is 1. The van der Waals surface area contributed by atoms with E-state index in [1.165, 1.54) is 32.4 Å². The molecule has 0 spiro atoms. The quantitative estimate of drug-likeness (QED) is 0.689. The lowest BCUT2D eigenvalue weighted by Gasteiger charge is -2.28. The number of rotatable bonds is 7. The van der Waals surface area contributed by atoms with Gasteiger partial charge in [-0.15, -0.1) is 0 Å². The molecule has 2 saturated heterocycles. The van der Waals surface area contributed by atoms with Crippen LogP contribution in [0.25, 0.3) is 0 Å². The van der Waals surface area contributed by atoms with Gasteiger partial charge in [0.25, 0.3) is 5.91 Å². The van der Waals surface area contributed by atoms with Crippen molar-refractivity contribution in [3.05, 3.63) is 59.7 Å². The monoisotopic (exact) mass is 397 g/mol. The van der Waals surface area contributed by atoms with Crippen LogP contribution < -0.4 is 14.8 Å². The zero-order valence-electron chi connectivity index (χ0n) is 16.0. The molecule has 0 bridgehead atoms. The molecule has 4 rings (SSSR count). The third-order valence-electron chi connectivity index (χ3n) is 5.30. The molecule has 2 fully saturated rings. The SMILES string of the molecule is O=C(Nc1ccccc1C1CSN1)c1ccc(OCCN2CCCCC2)cc1. The molecule has 28 heavy (non-hydrogen) atoms. The summed E-state index contributed by atoms with van der Waals surface area (Å²) in [6.45, 7) is 4.01. The minimum atomic E-state index is -0.0979. The Morgan fingerprint density at radius 1 is 1.11 bits per heavy atom. The van der Waals surface area contributed by atoms with Gasteiger partial charge in [-0.1, -0.05) is 36.6 Å². The molecule has 2 heterocycles. The highest BCUT2D eigenvalue weighted by Crippen LogP contribution is 2.32. The maximum absolute atomic E-state index is 12.6. The van der Waals surface area contributed by atoms with E-state index >= 15 is 0 Å². The predicted molar refractivity (Wildman–Crippen MR) is 115 cm³/mol. The highest BCUT2D eigenvalue weighted by molar-refractivity contribution is 7.98. The van der Waals surface area contributed by atoms with E-state index in [0.717, 1.165) is 29.3 Å². The molecule has 0 aliphatic carbocycles. The Balaban J connectivity index is 1.30. The molecular formula is C22H27N3O2S. The molecule has 2 aromatic rings. The number of carbonyl (C=O) groups is 1. The van der Waals surface area contributed by atoms with Crippen molar-refractivity contribution in [3.8, 4) is 5.75 Å². The average Bonchev–Trinajstić information content (AvgIpc) is 2.69. The number of para-hydroxylation sites is 1. The molecule has 0 aromatic heterocycles. The van der Waals surface area contributed by atoms with Gasteiger partial charge in [0.15, 0.2) is 0 Å². The number of hydrogen-bond donors (Lipinski definition) is 2. The maximum atomic E-state index is 12.6. The van der Waals surface area contributed by atoms with Crippen LogP contribution in [0.15, 0.2) is 48.5 Å². The van der Waals surface area contributed by atoms with E-state index in [4.69, 9.17) is 4.74 Å². The van der Waals surface area contributed by atoms with Gasteiger partial charge in [-0.3, -0.25) is 14.4 Å². The number of piperidine rings is 1. The standard InChI is InChI=1S/C22H27N3O2S/c26-22(23-20-7-3-2-6-19(20)21-16-28-24-21)17-8-10-18(11-9-17)27-15-14-25-12-4-1-5-13-25/h2-3,6-11,21,24H,1,4-5,12-16H2,(H,23,26). The van der Waals surface area contributed by atoms with Gasteiger partial charge in [-0.05, 0) is 61.8 Å². The first-order valence-electron chi connectivity index (χ1n) is 10.0. The second-order valence-electron chi connectivity index (χ2n) is 7.30. The number of hydrogen-bond acceptors (Lipinski definition) is 5.